The van der Waals surface area contributed by atoms with Crippen molar-refractivity contribution >= 4 is 23.1 Å². The van der Waals surface area contributed by atoms with E-state index in [1.54, 1.807) is 11.3 Å². The average molecular weight is 214 g/mol. The van der Waals surface area contributed by atoms with E-state index in [0.29, 0.717) is 0 Å². The SMILES string of the molecule is c1ncc(CSCC2CCCN2)s1. The van der Waals surface area contributed by atoms with Gasteiger partial charge in [0.25, 0.3) is 0 Å². The first-order chi connectivity index (χ1) is 6.45. The molecule has 0 amide bonds. The van der Waals surface area contributed by atoms with Crippen LogP contribution in [0.5, 0.6) is 0 Å². The maximum Gasteiger partial charge on any atom is 0.0794 e. The number of hydrogen-bond acceptors (Lipinski definition) is 4. The first-order valence-corrected chi connectivity index (χ1v) is 6.67. The summed E-state index contributed by atoms with van der Waals surface area (Å²) in [5, 5.41) is 3.50. The minimum absolute atomic E-state index is 0.762. The largest absolute Gasteiger partial charge is 0.313 e. The highest BCUT2D eigenvalue weighted by Gasteiger charge is 2.13. The number of thioether (sulfide) groups is 1. The second-order valence-electron chi connectivity index (χ2n) is 3.28. The molecule has 1 atom stereocenters. The molecule has 1 aliphatic heterocycles. The molecule has 0 spiro atoms. The maximum absolute atomic E-state index is 4.06. The molecule has 2 nitrogen and oxygen atoms in total. The first kappa shape index (κ1) is 9.49. The van der Waals surface area contributed by atoms with E-state index in [4.69, 9.17) is 0 Å². The quantitative estimate of drug-likeness (QED) is 0.831. The smallest absolute Gasteiger partial charge is 0.0794 e. The van der Waals surface area contributed by atoms with Crippen LogP contribution in [-0.2, 0) is 5.75 Å². The molecule has 1 fully saturated rings. The Kier molecular flexibility index (Phi) is 3.64. The van der Waals surface area contributed by atoms with Gasteiger partial charge in [-0.25, -0.2) is 0 Å². The highest BCUT2D eigenvalue weighted by atomic mass is 32.2. The monoisotopic (exact) mass is 214 g/mol. The van der Waals surface area contributed by atoms with E-state index in [0.717, 1.165) is 11.8 Å². The summed E-state index contributed by atoms with van der Waals surface area (Å²) in [7, 11) is 0. The van der Waals surface area contributed by atoms with Gasteiger partial charge in [-0.05, 0) is 19.4 Å². The van der Waals surface area contributed by atoms with Crippen molar-refractivity contribution in [3.05, 3.63) is 16.6 Å². The zero-order valence-electron chi connectivity index (χ0n) is 7.53. The summed E-state index contributed by atoms with van der Waals surface area (Å²) in [6.45, 7) is 1.21. The van der Waals surface area contributed by atoms with Gasteiger partial charge in [0.2, 0.25) is 0 Å². The fraction of sp³-hybridized carbons (Fsp3) is 0.667. The van der Waals surface area contributed by atoms with Crippen molar-refractivity contribution in [1.29, 1.82) is 0 Å². The lowest BCUT2D eigenvalue weighted by molar-refractivity contribution is 0.674. The van der Waals surface area contributed by atoms with Gasteiger partial charge in [-0.2, -0.15) is 11.8 Å². The second-order valence-corrected chi connectivity index (χ2v) is 5.28. The van der Waals surface area contributed by atoms with Gasteiger partial charge >= 0.3 is 0 Å². The van der Waals surface area contributed by atoms with E-state index in [1.807, 2.05) is 23.5 Å². The van der Waals surface area contributed by atoms with Crippen molar-refractivity contribution in [3.8, 4) is 0 Å². The third-order valence-corrected chi connectivity index (χ3v) is 4.32. The summed E-state index contributed by atoms with van der Waals surface area (Å²) in [6.07, 6.45) is 4.68. The molecule has 4 heteroatoms. The summed E-state index contributed by atoms with van der Waals surface area (Å²) in [4.78, 5) is 5.45. The van der Waals surface area contributed by atoms with Crippen LogP contribution in [0.2, 0.25) is 0 Å². The van der Waals surface area contributed by atoms with E-state index in [9.17, 15) is 0 Å². The van der Waals surface area contributed by atoms with Gasteiger partial charge in [-0.1, -0.05) is 0 Å². The van der Waals surface area contributed by atoms with Gasteiger partial charge in [-0.15, -0.1) is 11.3 Å². The van der Waals surface area contributed by atoms with Crippen molar-refractivity contribution < 1.29 is 0 Å². The van der Waals surface area contributed by atoms with E-state index < -0.39 is 0 Å². The zero-order chi connectivity index (χ0) is 8.93. The van der Waals surface area contributed by atoms with Gasteiger partial charge in [0.05, 0.1) is 5.51 Å². The van der Waals surface area contributed by atoms with Crippen LogP contribution in [-0.4, -0.2) is 23.3 Å². The Morgan fingerprint density at radius 2 is 2.69 bits per heavy atom. The molecular formula is C9H14N2S2. The molecule has 1 aromatic rings. The third-order valence-electron chi connectivity index (χ3n) is 2.21. The minimum atomic E-state index is 0.762. The van der Waals surface area contributed by atoms with E-state index in [-0.39, 0.29) is 0 Å². The van der Waals surface area contributed by atoms with Crippen LogP contribution in [0.1, 0.15) is 17.7 Å². The highest BCUT2D eigenvalue weighted by molar-refractivity contribution is 7.98. The Morgan fingerprint density at radius 1 is 1.69 bits per heavy atom. The molecule has 2 rings (SSSR count). The zero-order valence-corrected chi connectivity index (χ0v) is 9.16. The molecule has 13 heavy (non-hydrogen) atoms. The predicted molar refractivity (Wildman–Crippen MR) is 59.3 cm³/mol. The van der Waals surface area contributed by atoms with Crippen LogP contribution in [0.25, 0.3) is 0 Å². The van der Waals surface area contributed by atoms with Crippen LogP contribution >= 0.6 is 23.1 Å². The van der Waals surface area contributed by atoms with E-state index in [1.165, 1.54) is 30.0 Å². The number of aromatic nitrogens is 1. The van der Waals surface area contributed by atoms with Gasteiger partial charge in [0, 0.05) is 28.6 Å². The topological polar surface area (TPSA) is 24.9 Å². The van der Waals surface area contributed by atoms with Crippen molar-refractivity contribution in [2.24, 2.45) is 0 Å². The van der Waals surface area contributed by atoms with Crippen LogP contribution in [0.15, 0.2) is 11.7 Å². The minimum Gasteiger partial charge on any atom is -0.313 e. The third kappa shape index (κ3) is 2.97. The Labute approximate surface area is 87.1 Å². The summed E-state index contributed by atoms with van der Waals surface area (Å²) in [5.74, 6) is 2.38. The van der Waals surface area contributed by atoms with Crippen molar-refractivity contribution in [3.63, 3.8) is 0 Å². The van der Waals surface area contributed by atoms with E-state index in [2.05, 4.69) is 10.3 Å². The van der Waals surface area contributed by atoms with Crippen LogP contribution < -0.4 is 5.32 Å². The first-order valence-electron chi connectivity index (χ1n) is 4.63. The van der Waals surface area contributed by atoms with Crippen molar-refractivity contribution in [1.82, 2.24) is 10.3 Å². The summed E-state index contributed by atoms with van der Waals surface area (Å²) in [5.41, 5.74) is 1.91. The highest BCUT2D eigenvalue weighted by Crippen LogP contribution is 2.18. The molecule has 1 aromatic heterocycles. The molecule has 0 aromatic carbocycles. The Bertz CT molecular complexity index is 230. The van der Waals surface area contributed by atoms with E-state index >= 15 is 0 Å². The lowest BCUT2D eigenvalue weighted by Gasteiger charge is -2.07. The van der Waals surface area contributed by atoms with Crippen molar-refractivity contribution in [2.75, 3.05) is 12.3 Å². The molecule has 0 saturated carbocycles. The summed E-state index contributed by atoms with van der Waals surface area (Å²) in [6, 6.07) is 0.762. The van der Waals surface area contributed by atoms with Gasteiger partial charge in [-0.3, -0.25) is 4.98 Å². The number of nitrogens with zero attached hydrogens (tertiary/aromatic N) is 1. The van der Waals surface area contributed by atoms with Crippen LogP contribution in [0.4, 0.5) is 0 Å². The molecule has 0 radical (unpaired) electrons. The molecule has 1 saturated heterocycles. The van der Waals surface area contributed by atoms with Gasteiger partial charge < -0.3 is 5.32 Å². The van der Waals surface area contributed by atoms with Gasteiger partial charge in [0.15, 0.2) is 0 Å². The molecule has 1 N–H and O–H groups in total. The fourth-order valence-corrected chi connectivity index (χ4v) is 3.38. The average Bonchev–Trinajstić information content (AvgIpc) is 2.75. The summed E-state index contributed by atoms with van der Waals surface area (Å²) < 4.78 is 0. The molecule has 1 unspecified atom stereocenters. The Balaban J connectivity index is 1.63. The van der Waals surface area contributed by atoms with Crippen LogP contribution in [0, 0.1) is 0 Å². The molecule has 2 heterocycles. The predicted octanol–water partition coefficient (Wildman–Crippen LogP) is 2.13. The number of rotatable bonds is 4. The molecular weight excluding hydrogens is 200 g/mol. The standard InChI is InChI=1S/C9H14N2S2/c1-2-8(11-3-1)5-12-6-9-4-10-7-13-9/h4,7-8,11H,1-3,5-6H2. The Morgan fingerprint density at radius 3 is 3.38 bits per heavy atom. The molecule has 72 valence electrons. The normalized spacial score (nSPS) is 22.3. The van der Waals surface area contributed by atoms with Crippen molar-refractivity contribution in [2.45, 2.75) is 24.6 Å². The maximum atomic E-state index is 4.06. The number of hydrogen-bond donors (Lipinski definition) is 1. The summed E-state index contributed by atoms with van der Waals surface area (Å²) >= 11 is 3.77. The lowest BCUT2D eigenvalue weighted by Crippen LogP contribution is -2.23. The van der Waals surface area contributed by atoms with Crippen LogP contribution in [0.3, 0.4) is 0 Å². The molecule has 0 bridgehead atoms. The van der Waals surface area contributed by atoms with Gasteiger partial charge in [0.1, 0.15) is 0 Å². The number of nitrogens with one attached hydrogen (secondary N) is 1. The molecule has 0 aliphatic carbocycles. The Hall–Kier alpha value is -0.0600. The molecule has 1 aliphatic rings. The number of thiazole rings is 1. The fourth-order valence-electron chi connectivity index (χ4n) is 1.51. The lowest BCUT2D eigenvalue weighted by atomic mass is 10.3. The second kappa shape index (κ2) is 4.98.